The van der Waals surface area contributed by atoms with Crippen molar-refractivity contribution in [3.63, 3.8) is 0 Å². The molecule has 0 unspecified atom stereocenters. The Hall–Kier alpha value is -5.31. The Kier molecular flexibility index (Phi) is 8.29. The van der Waals surface area contributed by atoms with Gasteiger partial charge in [-0.25, -0.2) is 0 Å². The van der Waals surface area contributed by atoms with E-state index in [4.69, 9.17) is 14.4 Å². The molecule has 0 amide bonds. The second-order valence-corrected chi connectivity index (χ2v) is 12.2. The Bertz CT molecular complexity index is 2460. The van der Waals surface area contributed by atoms with Crippen molar-refractivity contribution < 1.29 is 30.6 Å². The van der Waals surface area contributed by atoms with Crippen LogP contribution in [0.4, 0.5) is 0 Å². The topological polar surface area (TPSA) is 59.2 Å². The first-order valence-electron chi connectivity index (χ1n) is 15.7. The molecule has 5 heteroatoms. The largest absolute Gasteiger partial charge is 0.507 e. The van der Waals surface area contributed by atoms with Crippen molar-refractivity contribution in [3.05, 3.63) is 150 Å². The number of para-hydroxylation sites is 3. The monoisotopic (exact) mass is 802 g/mol. The molecule has 0 spiro atoms. The first-order chi connectivity index (χ1) is 22.9. The molecule has 0 fully saturated rings. The number of fused-ring (bicyclic) bond motifs is 3. The first kappa shape index (κ1) is 31.3. The molecule has 8 rings (SSSR count). The molecule has 4 nitrogen and oxygen atoms in total. The molecule has 236 valence electrons. The van der Waals surface area contributed by atoms with Gasteiger partial charge in [-0.2, -0.15) is 0 Å². The zero-order valence-corrected chi connectivity index (χ0v) is 29.0. The van der Waals surface area contributed by atoms with Crippen LogP contribution in [0.15, 0.2) is 132 Å². The number of furan rings is 1. The number of hydrogen-bond donors (Lipinski definition) is 1. The Labute approximate surface area is 294 Å². The molecule has 8 aromatic rings. The third-order valence-electron chi connectivity index (χ3n) is 8.58. The van der Waals surface area contributed by atoms with Crippen LogP contribution >= 0.6 is 0 Å². The van der Waals surface area contributed by atoms with E-state index >= 15 is 0 Å². The van der Waals surface area contributed by atoms with Crippen molar-refractivity contribution in [2.24, 2.45) is 0 Å². The number of aromatic nitrogens is 2. The van der Waals surface area contributed by atoms with Gasteiger partial charge in [-0.3, -0.25) is 9.97 Å². The van der Waals surface area contributed by atoms with E-state index < -0.39 is 0 Å². The average Bonchev–Trinajstić information content (AvgIpc) is 3.47. The van der Waals surface area contributed by atoms with Crippen LogP contribution in [0.2, 0.25) is 0 Å². The molecule has 1 N–H and O–H groups in total. The second kappa shape index (κ2) is 12.7. The van der Waals surface area contributed by atoms with Gasteiger partial charge in [0.2, 0.25) is 0 Å². The van der Waals surface area contributed by atoms with Crippen LogP contribution < -0.4 is 0 Å². The second-order valence-electron chi connectivity index (χ2n) is 12.2. The molecule has 0 aliphatic carbocycles. The van der Waals surface area contributed by atoms with Crippen LogP contribution in [0.5, 0.6) is 5.75 Å². The maximum atomic E-state index is 10.8. The smallest absolute Gasteiger partial charge is 0.143 e. The molecule has 0 saturated heterocycles. The van der Waals surface area contributed by atoms with E-state index in [1.807, 2.05) is 67.6 Å². The van der Waals surface area contributed by atoms with Gasteiger partial charge in [-0.05, 0) is 67.8 Å². The molecular formula is C43H31N2O2Pt-. The first-order valence-corrected chi connectivity index (χ1v) is 15.7. The van der Waals surface area contributed by atoms with Gasteiger partial charge in [-0.15, -0.1) is 24.3 Å². The Morgan fingerprint density at radius 3 is 1.94 bits per heavy atom. The summed E-state index contributed by atoms with van der Waals surface area (Å²) in [5.41, 5.74) is 13.9. The Morgan fingerprint density at radius 2 is 1.15 bits per heavy atom. The SMILES string of the molecule is Cc1cc(C)cc(-c2cc(-c3[c-]c(-c4cc(-c5cccc6c5oc5ccccc56)cc(C)n4)ccc3)nc(-c3ccccc3O)c2)c1.[Pt]. The predicted octanol–water partition coefficient (Wildman–Crippen LogP) is 11.1. The number of pyridine rings is 2. The minimum Gasteiger partial charge on any atom is -0.507 e. The third-order valence-corrected chi connectivity index (χ3v) is 8.58. The van der Waals surface area contributed by atoms with Crippen LogP contribution in [0, 0.1) is 26.8 Å². The molecule has 0 bridgehead atoms. The number of rotatable bonds is 5. The standard InChI is InChI=1S/C43H31N2O2.Pt/c1-26-18-27(2)20-31(19-26)32-23-39(45-40(24-32)37-13-4-6-16-41(37)46)30-11-8-10-29(22-30)38-25-33(21-28(3)44-38)34-14-9-15-36-35-12-5-7-17-42(35)47-43(34)36;/h4-21,23-25,46H,1-3H3;/q-1;. The molecule has 0 saturated carbocycles. The minimum absolute atomic E-state index is 0. The van der Waals surface area contributed by atoms with Crippen molar-refractivity contribution in [3.8, 4) is 61.8 Å². The molecular weight excluding hydrogens is 772 g/mol. The Balaban J connectivity index is 0.00000364. The van der Waals surface area contributed by atoms with Crippen LogP contribution in [0.1, 0.15) is 16.8 Å². The fraction of sp³-hybridized carbons (Fsp3) is 0.0698. The van der Waals surface area contributed by atoms with Crippen LogP contribution in [-0.2, 0) is 21.1 Å². The van der Waals surface area contributed by atoms with Gasteiger partial charge < -0.3 is 9.52 Å². The van der Waals surface area contributed by atoms with Gasteiger partial charge in [0.15, 0.2) is 0 Å². The van der Waals surface area contributed by atoms with Crippen molar-refractivity contribution in [2.45, 2.75) is 20.8 Å². The number of aryl methyl sites for hydroxylation is 3. The van der Waals surface area contributed by atoms with Gasteiger partial charge in [-0.1, -0.05) is 101 Å². The summed E-state index contributed by atoms with van der Waals surface area (Å²) in [5.74, 6) is 0.192. The summed E-state index contributed by atoms with van der Waals surface area (Å²) in [7, 11) is 0. The maximum absolute atomic E-state index is 10.8. The van der Waals surface area contributed by atoms with Crippen molar-refractivity contribution in [1.29, 1.82) is 0 Å². The molecule has 3 aromatic heterocycles. The predicted molar refractivity (Wildman–Crippen MR) is 191 cm³/mol. The quantitative estimate of drug-likeness (QED) is 0.176. The molecule has 5 aromatic carbocycles. The van der Waals surface area contributed by atoms with Gasteiger partial charge in [0.25, 0.3) is 0 Å². The van der Waals surface area contributed by atoms with E-state index in [0.717, 1.165) is 72.4 Å². The van der Waals surface area contributed by atoms with Gasteiger partial charge in [0.1, 0.15) is 16.9 Å². The zero-order chi connectivity index (χ0) is 32.1. The normalized spacial score (nSPS) is 11.1. The number of phenolic OH excluding ortho intramolecular Hbond substituents is 1. The van der Waals surface area contributed by atoms with Gasteiger partial charge >= 0.3 is 0 Å². The summed E-state index contributed by atoms with van der Waals surface area (Å²) >= 11 is 0. The van der Waals surface area contributed by atoms with Crippen LogP contribution in [0.3, 0.4) is 0 Å². The van der Waals surface area contributed by atoms with E-state index in [9.17, 15) is 5.11 Å². The molecule has 0 aliphatic rings. The van der Waals surface area contributed by atoms with Crippen molar-refractivity contribution in [1.82, 2.24) is 9.97 Å². The van der Waals surface area contributed by atoms with E-state index in [1.54, 1.807) is 6.07 Å². The van der Waals surface area contributed by atoms with Gasteiger partial charge in [0, 0.05) is 60.0 Å². The molecule has 48 heavy (non-hydrogen) atoms. The number of nitrogens with zero attached hydrogens (tertiary/aromatic N) is 2. The fourth-order valence-corrected chi connectivity index (χ4v) is 6.51. The Morgan fingerprint density at radius 1 is 0.542 bits per heavy atom. The van der Waals surface area contributed by atoms with Crippen molar-refractivity contribution >= 4 is 21.9 Å². The number of hydrogen-bond acceptors (Lipinski definition) is 4. The summed E-state index contributed by atoms with van der Waals surface area (Å²) in [4.78, 5) is 9.99. The fourth-order valence-electron chi connectivity index (χ4n) is 6.51. The van der Waals surface area contributed by atoms with E-state index in [2.05, 4.69) is 80.6 Å². The molecule has 0 atom stereocenters. The summed E-state index contributed by atoms with van der Waals surface area (Å²) < 4.78 is 6.36. The van der Waals surface area contributed by atoms with E-state index in [1.165, 1.54) is 11.1 Å². The molecule has 0 aliphatic heterocycles. The van der Waals surface area contributed by atoms with Crippen LogP contribution in [-0.4, -0.2) is 15.1 Å². The third kappa shape index (κ3) is 5.85. The van der Waals surface area contributed by atoms with Crippen LogP contribution in [0.25, 0.3) is 78.0 Å². The molecule has 3 heterocycles. The maximum Gasteiger partial charge on any atom is 0.143 e. The zero-order valence-electron chi connectivity index (χ0n) is 26.7. The summed E-state index contributed by atoms with van der Waals surface area (Å²) in [6, 6.07) is 46.4. The average molecular weight is 803 g/mol. The number of benzene rings is 5. The minimum atomic E-state index is 0. The van der Waals surface area contributed by atoms with Crippen molar-refractivity contribution in [2.75, 3.05) is 0 Å². The number of phenols is 1. The van der Waals surface area contributed by atoms with E-state index in [-0.39, 0.29) is 26.8 Å². The summed E-state index contributed by atoms with van der Waals surface area (Å²) in [6.07, 6.45) is 0. The van der Waals surface area contributed by atoms with Gasteiger partial charge in [0.05, 0.1) is 5.69 Å². The summed E-state index contributed by atoms with van der Waals surface area (Å²) in [5, 5.41) is 13.0. The molecule has 0 radical (unpaired) electrons. The van der Waals surface area contributed by atoms with E-state index in [0.29, 0.717) is 11.3 Å². The number of aromatic hydroxyl groups is 1. The summed E-state index contributed by atoms with van der Waals surface area (Å²) in [6.45, 7) is 6.23.